The van der Waals surface area contributed by atoms with Crippen LogP contribution in [-0.4, -0.2) is 42.9 Å². The van der Waals surface area contributed by atoms with Crippen molar-refractivity contribution in [3.63, 3.8) is 0 Å². The molecular weight excluding hydrogens is 309 g/mol. The van der Waals surface area contributed by atoms with Gasteiger partial charge in [0.15, 0.2) is 0 Å². The molecule has 24 heavy (non-hydrogen) atoms. The molecule has 1 aliphatic carbocycles. The van der Waals surface area contributed by atoms with Gasteiger partial charge in [0.1, 0.15) is 5.82 Å². The highest BCUT2D eigenvalue weighted by Crippen LogP contribution is 2.27. The molecule has 1 aromatic rings. The molecule has 1 aromatic carbocycles. The molecule has 0 radical (unpaired) electrons. The van der Waals surface area contributed by atoms with Gasteiger partial charge in [0.25, 0.3) is 0 Å². The Hall–Kier alpha value is -1.95. The van der Waals surface area contributed by atoms with Crippen LogP contribution in [0.5, 0.6) is 0 Å². The Kier molecular flexibility index (Phi) is 5.45. The van der Waals surface area contributed by atoms with Crippen LogP contribution in [0.3, 0.4) is 0 Å². The zero-order valence-electron chi connectivity index (χ0n) is 13.8. The van der Waals surface area contributed by atoms with E-state index < -0.39 is 0 Å². The lowest BCUT2D eigenvalue weighted by molar-refractivity contribution is -0.133. The van der Waals surface area contributed by atoms with Crippen molar-refractivity contribution in [2.75, 3.05) is 31.5 Å². The molecule has 0 bridgehead atoms. The van der Waals surface area contributed by atoms with Crippen LogP contribution in [0, 0.1) is 17.7 Å². The lowest BCUT2D eigenvalue weighted by Gasteiger charge is -2.31. The number of hydrogen-bond acceptors (Lipinski definition) is 3. The molecule has 0 atom stereocenters. The molecule has 1 saturated heterocycles. The summed E-state index contributed by atoms with van der Waals surface area (Å²) in [5.74, 6) is 0.404. The van der Waals surface area contributed by atoms with Crippen molar-refractivity contribution in [1.29, 1.82) is 0 Å². The Morgan fingerprint density at radius 2 is 1.75 bits per heavy atom. The summed E-state index contributed by atoms with van der Waals surface area (Å²) in [6.45, 7) is 2.56. The molecule has 130 valence electrons. The maximum atomic E-state index is 12.9. The SMILES string of the molecule is O=C(Nc1ccc(F)cc1)C1CCN(C(=O)CNCC2CC2)CC1. The number of carbonyl (C=O) groups is 2. The van der Waals surface area contributed by atoms with E-state index in [4.69, 9.17) is 0 Å². The Morgan fingerprint density at radius 1 is 1.08 bits per heavy atom. The van der Waals surface area contributed by atoms with Crippen molar-refractivity contribution < 1.29 is 14.0 Å². The van der Waals surface area contributed by atoms with Gasteiger partial charge < -0.3 is 15.5 Å². The maximum Gasteiger partial charge on any atom is 0.236 e. The van der Waals surface area contributed by atoms with Gasteiger partial charge in [0.2, 0.25) is 11.8 Å². The summed E-state index contributed by atoms with van der Waals surface area (Å²) in [7, 11) is 0. The van der Waals surface area contributed by atoms with Crippen LogP contribution in [0.1, 0.15) is 25.7 Å². The van der Waals surface area contributed by atoms with Crippen molar-refractivity contribution in [2.45, 2.75) is 25.7 Å². The third kappa shape index (κ3) is 4.77. The van der Waals surface area contributed by atoms with Crippen LogP contribution in [0.25, 0.3) is 0 Å². The Labute approximate surface area is 141 Å². The van der Waals surface area contributed by atoms with E-state index in [0.717, 1.165) is 12.5 Å². The second kappa shape index (κ2) is 7.75. The number of carbonyl (C=O) groups excluding carboxylic acids is 2. The molecule has 1 saturated carbocycles. The number of nitrogens with zero attached hydrogens (tertiary/aromatic N) is 1. The summed E-state index contributed by atoms with van der Waals surface area (Å²) in [4.78, 5) is 26.2. The predicted octanol–water partition coefficient (Wildman–Crippen LogP) is 2.00. The number of likely N-dealkylation sites (tertiary alicyclic amines) is 1. The molecule has 6 heteroatoms. The number of rotatable bonds is 6. The molecule has 3 rings (SSSR count). The van der Waals surface area contributed by atoms with Crippen LogP contribution in [0.4, 0.5) is 10.1 Å². The number of piperidine rings is 1. The fraction of sp³-hybridized carbons (Fsp3) is 0.556. The average molecular weight is 333 g/mol. The minimum atomic E-state index is -0.324. The third-order valence-electron chi connectivity index (χ3n) is 4.74. The van der Waals surface area contributed by atoms with Crippen LogP contribution in [-0.2, 0) is 9.59 Å². The largest absolute Gasteiger partial charge is 0.342 e. The van der Waals surface area contributed by atoms with E-state index in [0.29, 0.717) is 38.2 Å². The summed E-state index contributed by atoms with van der Waals surface area (Å²) >= 11 is 0. The standard InChI is InChI=1S/C18H24FN3O2/c19-15-3-5-16(6-4-15)21-18(24)14-7-9-22(10-8-14)17(23)12-20-11-13-1-2-13/h3-6,13-14,20H,1-2,7-12H2,(H,21,24). The van der Waals surface area contributed by atoms with Crippen LogP contribution >= 0.6 is 0 Å². The highest BCUT2D eigenvalue weighted by molar-refractivity contribution is 5.92. The molecule has 2 fully saturated rings. The van der Waals surface area contributed by atoms with Gasteiger partial charge in [0, 0.05) is 24.7 Å². The lowest BCUT2D eigenvalue weighted by Crippen LogP contribution is -2.45. The molecule has 2 aliphatic rings. The van der Waals surface area contributed by atoms with Crippen molar-refractivity contribution in [1.82, 2.24) is 10.2 Å². The van der Waals surface area contributed by atoms with Crippen molar-refractivity contribution >= 4 is 17.5 Å². The lowest BCUT2D eigenvalue weighted by atomic mass is 9.95. The first-order valence-corrected chi connectivity index (χ1v) is 8.67. The van der Waals surface area contributed by atoms with E-state index in [9.17, 15) is 14.0 Å². The maximum absolute atomic E-state index is 12.9. The summed E-state index contributed by atoms with van der Waals surface area (Å²) in [5.41, 5.74) is 0.601. The number of benzene rings is 1. The smallest absolute Gasteiger partial charge is 0.236 e. The quantitative estimate of drug-likeness (QED) is 0.837. The summed E-state index contributed by atoms with van der Waals surface area (Å²) in [6, 6.07) is 5.76. The van der Waals surface area contributed by atoms with E-state index >= 15 is 0 Å². The normalized spacial score (nSPS) is 18.5. The van der Waals surface area contributed by atoms with Crippen molar-refractivity contribution in [2.24, 2.45) is 11.8 Å². The highest BCUT2D eigenvalue weighted by Gasteiger charge is 2.27. The Balaban J connectivity index is 1.39. The summed E-state index contributed by atoms with van der Waals surface area (Å²) in [5, 5.41) is 6.03. The molecule has 1 heterocycles. The Bertz CT molecular complexity index is 578. The molecule has 0 aromatic heterocycles. The first-order valence-electron chi connectivity index (χ1n) is 8.67. The van der Waals surface area contributed by atoms with E-state index in [-0.39, 0.29) is 23.5 Å². The summed E-state index contributed by atoms with van der Waals surface area (Å²) < 4.78 is 12.9. The second-order valence-electron chi connectivity index (χ2n) is 6.73. The van der Waals surface area contributed by atoms with E-state index in [1.165, 1.54) is 25.0 Å². The van der Waals surface area contributed by atoms with Gasteiger partial charge in [-0.3, -0.25) is 9.59 Å². The molecular formula is C18H24FN3O2. The van der Waals surface area contributed by atoms with Crippen molar-refractivity contribution in [3.8, 4) is 0 Å². The summed E-state index contributed by atoms with van der Waals surface area (Å²) in [6.07, 6.45) is 3.88. The number of hydrogen-bond donors (Lipinski definition) is 2. The van der Waals surface area contributed by atoms with Gasteiger partial charge in [-0.15, -0.1) is 0 Å². The fourth-order valence-electron chi connectivity index (χ4n) is 2.99. The zero-order chi connectivity index (χ0) is 16.9. The molecule has 0 spiro atoms. The van der Waals surface area contributed by atoms with Crippen LogP contribution in [0.15, 0.2) is 24.3 Å². The third-order valence-corrected chi connectivity index (χ3v) is 4.74. The second-order valence-corrected chi connectivity index (χ2v) is 6.73. The van der Waals surface area contributed by atoms with Gasteiger partial charge in [-0.2, -0.15) is 0 Å². The van der Waals surface area contributed by atoms with Gasteiger partial charge in [-0.25, -0.2) is 4.39 Å². The number of nitrogens with one attached hydrogen (secondary N) is 2. The first-order chi connectivity index (χ1) is 11.6. The van der Waals surface area contributed by atoms with Crippen molar-refractivity contribution in [3.05, 3.63) is 30.1 Å². The zero-order valence-corrected chi connectivity index (χ0v) is 13.8. The minimum Gasteiger partial charge on any atom is -0.342 e. The number of amides is 2. The average Bonchev–Trinajstić information content (AvgIpc) is 3.41. The monoisotopic (exact) mass is 333 g/mol. The fourth-order valence-corrected chi connectivity index (χ4v) is 2.99. The van der Waals surface area contributed by atoms with Gasteiger partial charge >= 0.3 is 0 Å². The molecule has 2 N–H and O–H groups in total. The topological polar surface area (TPSA) is 61.4 Å². The molecule has 5 nitrogen and oxygen atoms in total. The Morgan fingerprint density at radius 3 is 2.38 bits per heavy atom. The molecule has 0 unspecified atom stereocenters. The van der Waals surface area contributed by atoms with Crippen LogP contribution < -0.4 is 10.6 Å². The first kappa shape index (κ1) is 16.9. The predicted molar refractivity (Wildman–Crippen MR) is 89.9 cm³/mol. The van der Waals surface area contributed by atoms with Gasteiger partial charge in [-0.1, -0.05) is 0 Å². The minimum absolute atomic E-state index is 0.0550. The molecule has 1 aliphatic heterocycles. The molecule has 2 amide bonds. The van der Waals surface area contributed by atoms with E-state index in [1.807, 2.05) is 4.90 Å². The number of anilines is 1. The van der Waals surface area contributed by atoms with E-state index in [1.54, 1.807) is 12.1 Å². The highest BCUT2D eigenvalue weighted by atomic mass is 19.1. The number of halogens is 1. The van der Waals surface area contributed by atoms with Gasteiger partial charge in [0.05, 0.1) is 6.54 Å². The van der Waals surface area contributed by atoms with Crippen LogP contribution in [0.2, 0.25) is 0 Å². The van der Waals surface area contributed by atoms with Gasteiger partial charge in [-0.05, 0) is 62.4 Å². The van der Waals surface area contributed by atoms with E-state index in [2.05, 4.69) is 10.6 Å².